The zero-order valence-electron chi connectivity index (χ0n) is 12.5. The molecule has 5 heteroatoms. The number of nitrogens with one attached hydrogen (secondary N) is 1. The summed E-state index contributed by atoms with van der Waals surface area (Å²) in [7, 11) is 3.96. The second kappa shape index (κ2) is 7.63. The average molecular weight is 337 g/mol. The van der Waals surface area contributed by atoms with Crippen molar-refractivity contribution in [2.24, 2.45) is 0 Å². The number of likely N-dealkylation sites (N-methyl/N-ethyl adjacent to an activating group) is 1. The number of carbonyl (C=O) groups excluding carboxylic acids is 1. The van der Waals surface area contributed by atoms with E-state index in [1.165, 1.54) is 0 Å². The van der Waals surface area contributed by atoms with Crippen LogP contribution in [0.5, 0.6) is 0 Å². The highest BCUT2D eigenvalue weighted by atomic mass is 35.5. The van der Waals surface area contributed by atoms with Crippen molar-refractivity contribution in [2.75, 3.05) is 20.6 Å². The van der Waals surface area contributed by atoms with Gasteiger partial charge in [-0.1, -0.05) is 53.5 Å². The lowest BCUT2D eigenvalue weighted by molar-refractivity contribution is 0.0942. The topological polar surface area (TPSA) is 32.3 Å². The van der Waals surface area contributed by atoms with Gasteiger partial charge >= 0.3 is 0 Å². The van der Waals surface area contributed by atoms with Crippen molar-refractivity contribution in [3.05, 3.63) is 69.7 Å². The van der Waals surface area contributed by atoms with Gasteiger partial charge in [0.15, 0.2) is 0 Å². The van der Waals surface area contributed by atoms with Gasteiger partial charge in [0.1, 0.15) is 0 Å². The molecule has 116 valence electrons. The van der Waals surface area contributed by atoms with Gasteiger partial charge in [-0.05, 0) is 37.9 Å². The van der Waals surface area contributed by atoms with E-state index in [2.05, 4.69) is 10.2 Å². The Hall–Kier alpha value is -1.55. The van der Waals surface area contributed by atoms with Crippen molar-refractivity contribution in [1.82, 2.24) is 10.2 Å². The van der Waals surface area contributed by atoms with Gasteiger partial charge in [0.2, 0.25) is 0 Å². The van der Waals surface area contributed by atoms with E-state index in [-0.39, 0.29) is 11.9 Å². The number of hydrogen-bond acceptors (Lipinski definition) is 2. The predicted molar refractivity (Wildman–Crippen MR) is 91.7 cm³/mol. The van der Waals surface area contributed by atoms with E-state index >= 15 is 0 Å². The van der Waals surface area contributed by atoms with E-state index in [0.29, 0.717) is 22.2 Å². The molecule has 1 amide bonds. The van der Waals surface area contributed by atoms with Gasteiger partial charge in [-0.3, -0.25) is 4.79 Å². The first-order chi connectivity index (χ1) is 10.5. The molecule has 0 spiro atoms. The van der Waals surface area contributed by atoms with Gasteiger partial charge in [0.05, 0.1) is 16.6 Å². The minimum Gasteiger partial charge on any atom is -0.350 e. The largest absolute Gasteiger partial charge is 0.350 e. The van der Waals surface area contributed by atoms with Gasteiger partial charge < -0.3 is 10.2 Å². The standard InChI is InChI=1S/C17H18Cl2N2O/c1-21(2)16(12-6-4-3-5-7-12)11-20-17(22)14-10-13(18)8-9-15(14)19/h3-10,16H,11H2,1-2H3,(H,20,22)/t16-/m1/s1. The molecule has 22 heavy (non-hydrogen) atoms. The monoisotopic (exact) mass is 336 g/mol. The lowest BCUT2D eigenvalue weighted by atomic mass is 10.1. The van der Waals surface area contributed by atoms with Crippen LogP contribution in [-0.2, 0) is 0 Å². The zero-order chi connectivity index (χ0) is 16.1. The molecule has 2 aromatic rings. The summed E-state index contributed by atoms with van der Waals surface area (Å²) < 4.78 is 0. The Kier molecular flexibility index (Phi) is 5.83. The fourth-order valence-corrected chi connectivity index (χ4v) is 2.61. The van der Waals surface area contributed by atoms with Crippen molar-refractivity contribution in [2.45, 2.75) is 6.04 Å². The molecule has 0 unspecified atom stereocenters. The molecule has 0 aliphatic heterocycles. The summed E-state index contributed by atoms with van der Waals surface area (Å²) in [6.07, 6.45) is 0. The second-order valence-electron chi connectivity index (χ2n) is 5.22. The van der Waals surface area contributed by atoms with Crippen LogP contribution < -0.4 is 5.32 Å². The number of rotatable bonds is 5. The molecule has 0 saturated heterocycles. The fourth-order valence-electron chi connectivity index (χ4n) is 2.23. The number of hydrogen-bond donors (Lipinski definition) is 1. The maximum atomic E-state index is 12.3. The van der Waals surface area contributed by atoms with E-state index in [1.807, 2.05) is 44.4 Å². The number of carbonyl (C=O) groups is 1. The van der Waals surface area contributed by atoms with E-state index in [0.717, 1.165) is 5.56 Å². The average Bonchev–Trinajstić information content (AvgIpc) is 2.50. The smallest absolute Gasteiger partial charge is 0.252 e. The summed E-state index contributed by atoms with van der Waals surface area (Å²) in [4.78, 5) is 14.4. The molecule has 0 heterocycles. The van der Waals surface area contributed by atoms with Crippen molar-refractivity contribution >= 4 is 29.1 Å². The fraction of sp³-hybridized carbons (Fsp3) is 0.235. The predicted octanol–water partition coefficient (Wildman–Crippen LogP) is 4.03. The van der Waals surface area contributed by atoms with Crippen LogP contribution in [0.3, 0.4) is 0 Å². The molecule has 0 aromatic heterocycles. The van der Waals surface area contributed by atoms with Crippen molar-refractivity contribution in [3.8, 4) is 0 Å². The summed E-state index contributed by atoms with van der Waals surface area (Å²) in [6, 6.07) is 15.0. The first-order valence-electron chi connectivity index (χ1n) is 6.93. The number of benzene rings is 2. The number of halogens is 2. The third kappa shape index (κ3) is 4.23. The lowest BCUT2D eigenvalue weighted by Crippen LogP contribution is -2.34. The summed E-state index contributed by atoms with van der Waals surface area (Å²) in [5.41, 5.74) is 1.53. The number of amides is 1. The molecule has 0 fully saturated rings. The third-order valence-electron chi connectivity index (χ3n) is 3.44. The van der Waals surface area contributed by atoms with Gasteiger partial charge in [0, 0.05) is 11.6 Å². The highest BCUT2D eigenvalue weighted by Gasteiger charge is 2.17. The Morgan fingerprint density at radius 2 is 1.82 bits per heavy atom. The quantitative estimate of drug-likeness (QED) is 0.894. The molecule has 1 N–H and O–H groups in total. The molecule has 0 aliphatic carbocycles. The highest BCUT2D eigenvalue weighted by Crippen LogP contribution is 2.21. The van der Waals surface area contributed by atoms with Crippen LogP contribution >= 0.6 is 23.2 Å². The van der Waals surface area contributed by atoms with Crippen molar-refractivity contribution in [3.63, 3.8) is 0 Å². The molecule has 2 aromatic carbocycles. The first-order valence-corrected chi connectivity index (χ1v) is 7.69. The molecule has 0 radical (unpaired) electrons. The van der Waals surface area contributed by atoms with E-state index in [4.69, 9.17) is 23.2 Å². The summed E-state index contributed by atoms with van der Waals surface area (Å²) in [6.45, 7) is 0.485. The second-order valence-corrected chi connectivity index (χ2v) is 6.07. The van der Waals surface area contributed by atoms with Crippen LogP contribution in [0.4, 0.5) is 0 Å². The van der Waals surface area contributed by atoms with Gasteiger partial charge in [-0.25, -0.2) is 0 Å². The Labute approximate surface area is 140 Å². The van der Waals surface area contributed by atoms with E-state index in [1.54, 1.807) is 18.2 Å². The molecule has 1 atom stereocenters. The first kappa shape index (κ1) is 16.8. The van der Waals surface area contributed by atoms with Crippen LogP contribution in [0, 0.1) is 0 Å². The van der Waals surface area contributed by atoms with Gasteiger partial charge in [0.25, 0.3) is 5.91 Å². The van der Waals surface area contributed by atoms with E-state index in [9.17, 15) is 4.79 Å². The van der Waals surface area contributed by atoms with Crippen LogP contribution in [0.2, 0.25) is 10.0 Å². The summed E-state index contributed by atoms with van der Waals surface area (Å²) >= 11 is 12.0. The van der Waals surface area contributed by atoms with Crippen LogP contribution in [-0.4, -0.2) is 31.4 Å². The van der Waals surface area contributed by atoms with Crippen LogP contribution in [0.1, 0.15) is 22.0 Å². The summed E-state index contributed by atoms with van der Waals surface area (Å²) in [5.74, 6) is -0.227. The van der Waals surface area contributed by atoms with Gasteiger partial charge in [-0.2, -0.15) is 0 Å². The van der Waals surface area contributed by atoms with Crippen LogP contribution in [0.25, 0.3) is 0 Å². The van der Waals surface area contributed by atoms with Crippen LogP contribution in [0.15, 0.2) is 48.5 Å². The molecule has 2 rings (SSSR count). The Morgan fingerprint density at radius 1 is 1.14 bits per heavy atom. The van der Waals surface area contributed by atoms with Crippen molar-refractivity contribution in [1.29, 1.82) is 0 Å². The van der Waals surface area contributed by atoms with Gasteiger partial charge in [-0.15, -0.1) is 0 Å². The molecule has 3 nitrogen and oxygen atoms in total. The number of nitrogens with zero attached hydrogens (tertiary/aromatic N) is 1. The molecule has 0 bridgehead atoms. The molecular formula is C17H18Cl2N2O. The van der Waals surface area contributed by atoms with E-state index < -0.39 is 0 Å². The Balaban J connectivity index is 2.10. The normalized spacial score (nSPS) is 12.2. The maximum absolute atomic E-state index is 12.3. The lowest BCUT2D eigenvalue weighted by Gasteiger charge is -2.25. The molecular weight excluding hydrogens is 319 g/mol. The van der Waals surface area contributed by atoms with Crippen molar-refractivity contribution < 1.29 is 4.79 Å². The Morgan fingerprint density at radius 3 is 2.45 bits per heavy atom. The zero-order valence-corrected chi connectivity index (χ0v) is 14.0. The molecule has 0 saturated carbocycles. The molecule has 0 aliphatic rings. The maximum Gasteiger partial charge on any atom is 0.252 e. The minimum atomic E-state index is -0.227. The third-order valence-corrected chi connectivity index (χ3v) is 4.00. The summed E-state index contributed by atoms with van der Waals surface area (Å²) in [5, 5.41) is 3.80. The SMILES string of the molecule is CN(C)[C@H](CNC(=O)c1cc(Cl)ccc1Cl)c1ccccc1. The minimum absolute atomic E-state index is 0.0862. The highest BCUT2D eigenvalue weighted by molar-refractivity contribution is 6.35. The Bertz CT molecular complexity index is 644.